The summed E-state index contributed by atoms with van der Waals surface area (Å²) in [5, 5.41) is 0. The molecule has 0 aromatic heterocycles. The fourth-order valence-electron chi connectivity index (χ4n) is 2.98. The maximum absolute atomic E-state index is 11.5. The summed E-state index contributed by atoms with van der Waals surface area (Å²) < 4.78 is 5.00. The Morgan fingerprint density at radius 1 is 1.33 bits per heavy atom. The second-order valence-electron chi connectivity index (χ2n) is 5.95. The second kappa shape index (κ2) is 7.46. The molecule has 0 amide bonds. The van der Waals surface area contributed by atoms with Gasteiger partial charge in [0.2, 0.25) is 0 Å². The first kappa shape index (κ1) is 15.8. The normalized spacial score (nSPS) is 22.1. The smallest absolute Gasteiger partial charge is 0.305 e. The molecule has 2 rings (SSSR count). The molecular formula is C17H26N2O2. The summed E-state index contributed by atoms with van der Waals surface area (Å²) in [6.45, 7) is 6.25. The van der Waals surface area contributed by atoms with Gasteiger partial charge in [0.15, 0.2) is 0 Å². The highest BCUT2D eigenvalue weighted by Gasteiger charge is 2.25. The van der Waals surface area contributed by atoms with Crippen LogP contribution in [0.15, 0.2) is 24.3 Å². The van der Waals surface area contributed by atoms with E-state index in [1.165, 1.54) is 11.3 Å². The first-order valence-corrected chi connectivity index (χ1v) is 7.81. The van der Waals surface area contributed by atoms with Crippen LogP contribution in [0.25, 0.3) is 0 Å². The van der Waals surface area contributed by atoms with Gasteiger partial charge in [-0.2, -0.15) is 0 Å². The van der Waals surface area contributed by atoms with Crippen LogP contribution in [-0.4, -0.2) is 31.7 Å². The molecule has 2 N–H and O–H groups in total. The SMILES string of the molecule is CCOC(=O)CCC1CC(N)CN(c2ccc(C)cc2)C1. The minimum Gasteiger partial charge on any atom is -0.466 e. The van der Waals surface area contributed by atoms with Gasteiger partial charge in [-0.05, 0) is 44.7 Å². The number of carbonyl (C=O) groups is 1. The van der Waals surface area contributed by atoms with Gasteiger partial charge in [0, 0.05) is 31.2 Å². The van der Waals surface area contributed by atoms with Gasteiger partial charge >= 0.3 is 5.97 Å². The van der Waals surface area contributed by atoms with Gasteiger partial charge in [0.05, 0.1) is 6.61 Å². The Bertz CT molecular complexity index is 458. The molecule has 1 aliphatic heterocycles. The number of esters is 1. The van der Waals surface area contributed by atoms with E-state index in [4.69, 9.17) is 10.5 Å². The van der Waals surface area contributed by atoms with Gasteiger partial charge in [-0.15, -0.1) is 0 Å². The Morgan fingerprint density at radius 2 is 2.05 bits per heavy atom. The summed E-state index contributed by atoms with van der Waals surface area (Å²) in [6, 6.07) is 8.73. The number of ether oxygens (including phenoxy) is 1. The van der Waals surface area contributed by atoms with Crippen LogP contribution in [0.5, 0.6) is 0 Å². The molecule has 1 fully saturated rings. The third-order valence-corrected chi connectivity index (χ3v) is 4.03. The quantitative estimate of drug-likeness (QED) is 0.847. The zero-order chi connectivity index (χ0) is 15.2. The van der Waals surface area contributed by atoms with Gasteiger partial charge < -0.3 is 15.4 Å². The van der Waals surface area contributed by atoms with Crippen LogP contribution >= 0.6 is 0 Å². The third kappa shape index (κ3) is 4.74. The highest BCUT2D eigenvalue weighted by atomic mass is 16.5. The topological polar surface area (TPSA) is 55.6 Å². The third-order valence-electron chi connectivity index (χ3n) is 4.03. The van der Waals surface area contributed by atoms with Gasteiger partial charge in [-0.3, -0.25) is 4.79 Å². The Kier molecular flexibility index (Phi) is 5.62. The van der Waals surface area contributed by atoms with Crippen molar-refractivity contribution in [3.63, 3.8) is 0 Å². The van der Waals surface area contributed by atoms with Crippen molar-refractivity contribution in [2.75, 3.05) is 24.6 Å². The predicted molar refractivity (Wildman–Crippen MR) is 85.3 cm³/mol. The van der Waals surface area contributed by atoms with E-state index in [-0.39, 0.29) is 12.0 Å². The zero-order valence-electron chi connectivity index (χ0n) is 13.0. The summed E-state index contributed by atoms with van der Waals surface area (Å²) in [5.74, 6) is 0.359. The zero-order valence-corrected chi connectivity index (χ0v) is 13.0. The Hall–Kier alpha value is -1.55. The summed E-state index contributed by atoms with van der Waals surface area (Å²) in [6.07, 6.45) is 2.34. The molecule has 0 spiro atoms. The van der Waals surface area contributed by atoms with E-state index in [2.05, 4.69) is 36.1 Å². The number of benzene rings is 1. The van der Waals surface area contributed by atoms with Crippen molar-refractivity contribution in [2.24, 2.45) is 11.7 Å². The molecule has 1 saturated heterocycles. The molecule has 4 heteroatoms. The lowest BCUT2D eigenvalue weighted by atomic mass is 9.90. The molecule has 2 atom stereocenters. The maximum atomic E-state index is 11.5. The number of rotatable bonds is 5. The number of nitrogens with two attached hydrogens (primary N) is 1. The molecular weight excluding hydrogens is 264 g/mol. The Labute approximate surface area is 127 Å². The predicted octanol–water partition coefficient (Wildman–Crippen LogP) is 2.49. The van der Waals surface area contributed by atoms with Gasteiger partial charge in [-0.1, -0.05) is 17.7 Å². The standard InChI is InChI=1S/C17H26N2O2/c1-3-21-17(20)9-6-14-10-15(18)12-19(11-14)16-7-4-13(2)5-8-16/h4-5,7-8,14-15H,3,6,9-12,18H2,1-2H3. The van der Waals surface area contributed by atoms with E-state index in [1.54, 1.807) is 0 Å². The molecule has 4 nitrogen and oxygen atoms in total. The van der Waals surface area contributed by atoms with E-state index < -0.39 is 0 Å². The van der Waals surface area contributed by atoms with E-state index in [1.807, 2.05) is 6.92 Å². The summed E-state index contributed by atoms with van der Waals surface area (Å²) in [7, 11) is 0. The molecule has 0 bridgehead atoms. The van der Waals surface area contributed by atoms with Crippen LogP contribution in [0.4, 0.5) is 5.69 Å². The Balaban J connectivity index is 1.92. The van der Waals surface area contributed by atoms with Gasteiger partial charge in [-0.25, -0.2) is 0 Å². The van der Waals surface area contributed by atoms with Gasteiger partial charge in [0.25, 0.3) is 0 Å². The molecule has 2 unspecified atom stereocenters. The van der Waals surface area contributed by atoms with Crippen molar-refractivity contribution in [1.82, 2.24) is 0 Å². The van der Waals surface area contributed by atoms with Crippen LogP contribution in [0.1, 0.15) is 31.7 Å². The lowest BCUT2D eigenvalue weighted by Gasteiger charge is -2.38. The number of nitrogens with zero attached hydrogens (tertiary/aromatic N) is 1. The van der Waals surface area contributed by atoms with Crippen molar-refractivity contribution in [3.05, 3.63) is 29.8 Å². The van der Waals surface area contributed by atoms with Crippen LogP contribution in [0.2, 0.25) is 0 Å². The molecule has 0 saturated carbocycles. The van der Waals surface area contributed by atoms with E-state index in [0.29, 0.717) is 18.9 Å². The minimum absolute atomic E-state index is 0.0986. The van der Waals surface area contributed by atoms with Crippen molar-refractivity contribution in [3.8, 4) is 0 Å². The van der Waals surface area contributed by atoms with Crippen LogP contribution in [0, 0.1) is 12.8 Å². The Morgan fingerprint density at radius 3 is 2.71 bits per heavy atom. The average molecular weight is 290 g/mol. The van der Waals surface area contributed by atoms with E-state index in [9.17, 15) is 4.79 Å². The van der Waals surface area contributed by atoms with Crippen LogP contribution < -0.4 is 10.6 Å². The number of hydrogen-bond acceptors (Lipinski definition) is 4. The molecule has 1 heterocycles. The number of hydrogen-bond donors (Lipinski definition) is 1. The highest BCUT2D eigenvalue weighted by Crippen LogP contribution is 2.25. The number of piperidine rings is 1. The van der Waals surface area contributed by atoms with E-state index in [0.717, 1.165) is 25.9 Å². The molecule has 1 aromatic rings. The molecule has 1 aromatic carbocycles. The summed E-state index contributed by atoms with van der Waals surface area (Å²) in [5.41, 5.74) is 8.67. The van der Waals surface area contributed by atoms with Crippen molar-refractivity contribution < 1.29 is 9.53 Å². The number of carbonyl (C=O) groups excluding carboxylic acids is 1. The molecule has 1 aliphatic rings. The second-order valence-corrected chi connectivity index (χ2v) is 5.95. The largest absolute Gasteiger partial charge is 0.466 e. The molecule has 0 aliphatic carbocycles. The van der Waals surface area contributed by atoms with Crippen molar-refractivity contribution in [2.45, 2.75) is 39.2 Å². The van der Waals surface area contributed by atoms with E-state index >= 15 is 0 Å². The first-order chi connectivity index (χ1) is 10.1. The maximum Gasteiger partial charge on any atom is 0.305 e. The molecule has 116 valence electrons. The lowest BCUT2D eigenvalue weighted by Crippen LogP contribution is -2.47. The van der Waals surface area contributed by atoms with Crippen molar-refractivity contribution >= 4 is 11.7 Å². The fourth-order valence-corrected chi connectivity index (χ4v) is 2.98. The lowest BCUT2D eigenvalue weighted by molar-refractivity contribution is -0.143. The first-order valence-electron chi connectivity index (χ1n) is 7.81. The van der Waals surface area contributed by atoms with Crippen LogP contribution in [-0.2, 0) is 9.53 Å². The molecule has 0 radical (unpaired) electrons. The average Bonchev–Trinajstić information content (AvgIpc) is 2.46. The van der Waals surface area contributed by atoms with Crippen molar-refractivity contribution in [1.29, 1.82) is 0 Å². The summed E-state index contributed by atoms with van der Waals surface area (Å²) in [4.78, 5) is 13.8. The molecule has 21 heavy (non-hydrogen) atoms. The minimum atomic E-state index is -0.0986. The fraction of sp³-hybridized carbons (Fsp3) is 0.588. The van der Waals surface area contributed by atoms with Crippen LogP contribution in [0.3, 0.4) is 0 Å². The number of aryl methyl sites for hydroxylation is 1. The highest BCUT2D eigenvalue weighted by molar-refractivity contribution is 5.69. The monoisotopic (exact) mass is 290 g/mol. The summed E-state index contributed by atoms with van der Waals surface area (Å²) >= 11 is 0. The number of anilines is 1. The van der Waals surface area contributed by atoms with Gasteiger partial charge in [0.1, 0.15) is 0 Å².